The van der Waals surface area contributed by atoms with E-state index < -0.39 is 0 Å². The molecule has 1 spiro atoms. The summed E-state index contributed by atoms with van der Waals surface area (Å²) in [5, 5.41) is 4.07. The van der Waals surface area contributed by atoms with Crippen LogP contribution >= 0.6 is 0 Å². The van der Waals surface area contributed by atoms with Crippen LogP contribution in [0.4, 0.5) is 0 Å². The summed E-state index contributed by atoms with van der Waals surface area (Å²) in [5.74, 6) is 2.11. The Bertz CT molecular complexity index is 667. The summed E-state index contributed by atoms with van der Waals surface area (Å²) < 4.78 is 17.0. The molecule has 0 amide bonds. The van der Waals surface area contributed by atoms with Gasteiger partial charge in [0.1, 0.15) is 5.76 Å². The number of likely N-dealkylation sites (tertiary alicyclic amines) is 1. The Hall–Kier alpha value is -1.92. The molecule has 0 N–H and O–H groups in total. The zero-order valence-corrected chi connectivity index (χ0v) is 14.0. The lowest BCUT2D eigenvalue weighted by Crippen LogP contribution is -2.64. The first-order valence-corrected chi connectivity index (χ1v) is 8.56. The fourth-order valence-corrected chi connectivity index (χ4v) is 3.82. The van der Waals surface area contributed by atoms with Crippen LogP contribution in [0.15, 0.2) is 35.0 Å². The summed E-state index contributed by atoms with van der Waals surface area (Å²) in [6.45, 7) is 6.23. The summed E-state index contributed by atoms with van der Waals surface area (Å²) in [7, 11) is 0. The molecule has 4 rings (SSSR count). The molecule has 2 aromatic heterocycles. The third kappa shape index (κ3) is 3.16. The van der Waals surface area contributed by atoms with Crippen LogP contribution in [-0.4, -0.2) is 46.9 Å². The summed E-state index contributed by atoms with van der Waals surface area (Å²) in [5.41, 5.74) is 1.00. The smallest absolute Gasteiger partial charge is 0.213 e. The molecule has 6 nitrogen and oxygen atoms in total. The van der Waals surface area contributed by atoms with E-state index in [1.165, 1.54) is 0 Å². The molecule has 0 bridgehead atoms. The topological polar surface area (TPSA) is 60.6 Å². The van der Waals surface area contributed by atoms with E-state index >= 15 is 0 Å². The number of ether oxygens (including phenoxy) is 2. The first kappa shape index (κ1) is 15.6. The van der Waals surface area contributed by atoms with Gasteiger partial charge in [-0.3, -0.25) is 4.90 Å². The summed E-state index contributed by atoms with van der Waals surface area (Å²) >= 11 is 0. The van der Waals surface area contributed by atoms with E-state index in [2.05, 4.69) is 15.0 Å². The van der Waals surface area contributed by atoms with Gasteiger partial charge in [-0.25, -0.2) is 4.98 Å². The predicted molar refractivity (Wildman–Crippen MR) is 87.7 cm³/mol. The molecule has 2 saturated heterocycles. The lowest BCUT2D eigenvalue weighted by molar-refractivity contribution is -0.138. The van der Waals surface area contributed by atoms with E-state index in [0.29, 0.717) is 18.4 Å². The highest BCUT2D eigenvalue weighted by Crippen LogP contribution is 2.42. The van der Waals surface area contributed by atoms with Crippen molar-refractivity contribution in [3.63, 3.8) is 0 Å². The second kappa shape index (κ2) is 6.53. The predicted octanol–water partition coefficient (Wildman–Crippen LogP) is 2.44. The van der Waals surface area contributed by atoms with Crippen LogP contribution in [0.25, 0.3) is 0 Å². The van der Waals surface area contributed by atoms with Crippen LogP contribution < -0.4 is 4.74 Å². The Balaban J connectivity index is 1.26. The molecule has 1 atom stereocenters. The highest BCUT2D eigenvalue weighted by Gasteiger charge is 2.52. The van der Waals surface area contributed by atoms with E-state index in [-0.39, 0.29) is 5.60 Å². The Kier molecular flexibility index (Phi) is 4.24. The lowest BCUT2D eigenvalue weighted by atomic mass is 9.79. The van der Waals surface area contributed by atoms with Gasteiger partial charge in [0, 0.05) is 44.6 Å². The number of nitrogens with zero attached hydrogens (tertiary/aromatic N) is 3. The Morgan fingerprint density at radius 3 is 3.04 bits per heavy atom. The molecule has 2 aromatic rings. The molecule has 24 heavy (non-hydrogen) atoms. The molecule has 0 saturated carbocycles. The second-order valence-corrected chi connectivity index (χ2v) is 6.78. The molecule has 6 heteroatoms. The SMILES string of the molecule is Cc1cc(CN2CC3(C2)OCCC3CCOc2ccccn2)no1. The lowest BCUT2D eigenvalue weighted by Gasteiger charge is -2.50. The molecule has 0 aromatic carbocycles. The van der Waals surface area contributed by atoms with Crippen molar-refractivity contribution in [2.75, 3.05) is 26.3 Å². The van der Waals surface area contributed by atoms with Crippen molar-refractivity contribution >= 4 is 0 Å². The highest BCUT2D eigenvalue weighted by molar-refractivity contribution is 5.10. The molecular weight excluding hydrogens is 306 g/mol. The largest absolute Gasteiger partial charge is 0.478 e. The number of pyridine rings is 1. The maximum absolute atomic E-state index is 6.11. The van der Waals surface area contributed by atoms with Gasteiger partial charge in [0.15, 0.2) is 0 Å². The maximum atomic E-state index is 6.11. The summed E-state index contributed by atoms with van der Waals surface area (Å²) in [6, 6.07) is 7.73. The summed E-state index contributed by atoms with van der Waals surface area (Å²) in [4.78, 5) is 6.57. The van der Waals surface area contributed by atoms with Gasteiger partial charge in [-0.2, -0.15) is 0 Å². The summed E-state index contributed by atoms with van der Waals surface area (Å²) in [6.07, 6.45) is 3.88. The van der Waals surface area contributed by atoms with Crippen LogP contribution in [0.5, 0.6) is 5.88 Å². The Labute approximate surface area is 141 Å². The average Bonchev–Trinajstić information content (AvgIpc) is 3.15. The van der Waals surface area contributed by atoms with Crippen LogP contribution in [0, 0.1) is 12.8 Å². The molecule has 0 aliphatic carbocycles. The first-order valence-electron chi connectivity index (χ1n) is 8.56. The van der Waals surface area contributed by atoms with Crippen molar-refractivity contribution in [3.8, 4) is 5.88 Å². The third-order valence-corrected chi connectivity index (χ3v) is 5.00. The molecular formula is C18H23N3O3. The van der Waals surface area contributed by atoms with Crippen LogP contribution in [0.2, 0.25) is 0 Å². The molecule has 4 heterocycles. The average molecular weight is 329 g/mol. The second-order valence-electron chi connectivity index (χ2n) is 6.78. The molecule has 0 radical (unpaired) electrons. The number of hydrogen-bond donors (Lipinski definition) is 0. The van der Waals surface area contributed by atoms with E-state index in [1.807, 2.05) is 31.2 Å². The molecule has 2 fully saturated rings. The third-order valence-electron chi connectivity index (χ3n) is 5.00. The van der Waals surface area contributed by atoms with Gasteiger partial charge >= 0.3 is 0 Å². The fraction of sp³-hybridized carbons (Fsp3) is 0.556. The fourth-order valence-electron chi connectivity index (χ4n) is 3.82. The van der Waals surface area contributed by atoms with Crippen molar-refractivity contribution in [3.05, 3.63) is 41.9 Å². The van der Waals surface area contributed by atoms with Crippen molar-refractivity contribution in [2.45, 2.75) is 31.9 Å². The van der Waals surface area contributed by atoms with Gasteiger partial charge in [-0.05, 0) is 31.7 Å². The Morgan fingerprint density at radius 1 is 1.38 bits per heavy atom. The van der Waals surface area contributed by atoms with Crippen molar-refractivity contribution in [1.82, 2.24) is 15.0 Å². The zero-order valence-electron chi connectivity index (χ0n) is 14.0. The van der Waals surface area contributed by atoms with Gasteiger partial charge in [0.05, 0.1) is 17.9 Å². The quantitative estimate of drug-likeness (QED) is 0.811. The van der Waals surface area contributed by atoms with Gasteiger partial charge in [-0.15, -0.1) is 0 Å². The van der Waals surface area contributed by atoms with Gasteiger partial charge in [0.2, 0.25) is 5.88 Å². The first-order chi connectivity index (χ1) is 11.7. The minimum Gasteiger partial charge on any atom is -0.478 e. The van der Waals surface area contributed by atoms with Crippen LogP contribution in [-0.2, 0) is 11.3 Å². The van der Waals surface area contributed by atoms with Gasteiger partial charge in [-0.1, -0.05) is 11.2 Å². The van der Waals surface area contributed by atoms with Crippen molar-refractivity contribution in [1.29, 1.82) is 0 Å². The minimum absolute atomic E-state index is 0.00621. The molecule has 128 valence electrons. The molecule has 2 aliphatic heterocycles. The standard InChI is InChI=1S/C18H23N3O3/c1-14-10-16(20-24-14)11-21-12-18(13-21)15(6-9-23-18)5-8-22-17-4-2-3-7-19-17/h2-4,7,10,15H,5-6,8-9,11-13H2,1H3. The molecule has 1 unspecified atom stereocenters. The van der Waals surface area contributed by atoms with E-state index in [0.717, 1.165) is 50.5 Å². The van der Waals surface area contributed by atoms with Crippen LogP contribution in [0.3, 0.4) is 0 Å². The molecule has 2 aliphatic rings. The van der Waals surface area contributed by atoms with E-state index in [4.69, 9.17) is 14.0 Å². The van der Waals surface area contributed by atoms with Gasteiger partial charge in [0.25, 0.3) is 0 Å². The normalized spacial score (nSPS) is 22.6. The Morgan fingerprint density at radius 2 is 2.29 bits per heavy atom. The highest BCUT2D eigenvalue weighted by atomic mass is 16.5. The zero-order chi connectivity index (χ0) is 16.4. The van der Waals surface area contributed by atoms with E-state index in [9.17, 15) is 0 Å². The minimum atomic E-state index is 0.00621. The monoisotopic (exact) mass is 329 g/mol. The maximum Gasteiger partial charge on any atom is 0.213 e. The number of rotatable bonds is 6. The number of aromatic nitrogens is 2. The van der Waals surface area contributed by atoms with Gasteiger partial charge < -0.3 is 14.0 Å². The number of hydrogen-bond acceptors (Lipinski definition) is 6. The van der Waals surface area contributed by atoms with E-state index in [1.54, 1.807) is 6.20 Å². The van der Waals surface area contributed by atoms with Crippen molar-refractivity contribution in [2.24, 2.45) is 5.92 Å². The van der Waals surface area contributed by atoms with Crippen molar-refractivity contribution < 1.29 is 14.0 Å². The van der Waals surface area contributed by atoms with Crippen LogP contribution in [0.1, 0.15) is 24.3 Å². The number of aryl methyl sites for hydroxylation is 1.